The smallest absolute Gasteiger partial charge is 0.407 e. The molecule has 1 rings (SSSR count). The van der Waals surface area contributed by atoms with Crippen LogP contribution in [0, 0.1) is 0 Å². The van der Waals surface area contributed by atoms with Crippen molar-refractivity contribution in [1.29, 1.82) is 0 Å². The number of hydrogen-bond acceptors (Lipinski definition) is 5. The van der Waals surface area contributed by atoms with Crippen LogP contribution in [0.25, 0.3) is 0 Å². The molecule has 28 heavy (non-hydrogen) atoms. The number of carbonyl (C=O) groups excluding carboxylic acids is 1. The maximum Gasteiger partial charge on any atom is 0.407 e. The van der Waals surface area contributed by atoms with Crippen molar-refractivity contribution in [2.75, 3.05) is 13.6 Å². The number of halogens is 1. The molecule has 0 saturated carbocycles. The average molecular weight is 509 g/mol. The molecule has 9 heteroatoms. The molecular weight excluding hydrogens is 473 g/mol. The average Bonchev–Trinajstić information content (AvgIpc) is 3.02. The van der Waals surface area contributed by atoms with Crippen LogP contribution in [0.4, 0.5) is 4.79 Å². The highest BCUT2D eigenvalue weighted by atomic mass is 127. The lowest BCUT2D eigenvalue weighted by Crippen LogP contribution is -2.48. The van der Waals surface area contributed by atoms with Gasteiger partial charge in [-0.05, 0) is 33.1 Å². The monoisotopic (exact) mass is 509 g/mol. The van der Waals surface area contributed by atoms with E-state index in [4.69, 9.17) is 9.26 Å². The van der Waals surface area contributed by atoms with E-state index in [2.05, 4.69) is 46.9 Å². The minimum Gasteiger partial charge on any atom is -0.444 e. The number of carbonyl (C=O) groups is 1. The molecule has 1 aromatic rings. The first-order valence-electron chi connectivity index (χ1n) is 9.54. The Balaban J connectivity index is 0.00000729. The first kappa shape index (κ1) is 26.5. The molecule has 0 aliphatic rings. The van der Waals surface area contributed by atoms with Gasteiger partial charge in [-0.1, -0.05) is 32.3 Å². The highest BCUT2D eigenvalue weighted by Crippen LogP contribution is 2.13. The zero-order valence-electron chi connectivity index (χ0n) is 18.1. The molecule has 0 saturated heterocycles. The molecule has 0 fully saturated rings. The molecule has 1 amide bonds. The fourth-order valence-electron chi connectivity index (χ4n) is 2.34. The van der Waals surface area contributed by atoms with E-state index in [1.165, 1.54) is 0 Å². The Morgan fingerprint density at radius 3 is 2.50 bits per heavy atom. The molecule has 0 aromatic carbocycles. The summed E-state index contributed by atoms with van der Waals surface area (Å²) in [6.45, 7) is 12.8. The van der Waals surface area contributed by atoms with Crippen LogP contribution in [0.15, 0.2) is 15.6 Å². The van der Waals surface area contributed by atoms with Crippen LogP contribution in [-0.2, 0) is 11.3 Å². The third-order valence-corrected chi connectivity index (χ3v) is 3.70. The van der Waals surface area contributed by atoms with Crippen LogP contribution in [0.5, 0.6) is 0 Å². The molecule has 1 heterocycles. The zero-order valence-corrected chi connectivity index (χ0v) is 20.4. The number of amides is 1. The van der Waals surface area contributed by atoms with Gasteiger partial charge < -0.3 is 25.2 Å². The van der Waals surface area contributed by atoms with Gasteiger partial charge in [0.05, 0.1) is 12.2 Å². The zero-order chi connectivity index (χ0) is 20.4. The normalized spacial score (nSPS) is 12.9. The van der Waals surface area contributed by atoms with E-state index in [1.54, 1.807) is 7.05 Å². The number of guanidine groups is 1. The number of rotatable bonds is 8. The lowest BCUT2D eigenvalue weighted by atomic mass is 10.1. The van der Waals surface area contributed by atoms with Crippen LogP contribution in [0.2, 0.25) is 0 Å². The molecule has 0 spiro atoms. The van der Waals surface area contributed by atoms with Gasteiger partial charge in [-0.2, -0.15) is 0 Å². The van der Waals surface area contributed by atoms with Crippen LogP contribution in [0.1, 0.15) is 71.8 Å². The molecule has 1 aromatic heterocycles. The molecule has 0 aliphatic heterocycles. The molecule has 1 unspecified atom stereocenters. The van der Waals surface area contributed by atoms with Crippen molar-refractivity contribution < 1.29 is 14.1 Å². The summed E-state index contributed by atoms with van der Waals surface area (Å²) in [5, 5.41) is 13.4. The van der Waals surface area contributed by atoms with E-state index in [0.717, 1.165) is 24.3 Å². The summed E-state index contributed by atoms with van der Waals surface area (Å²) >= 11 is 0. The third-order valence-electron chi connectivity index (χ3n) is 3.70. The molecular formula is C19H36IN5O3. The lowest BCUT2D eigenvalue weighted by molar-refractivity contribution is 0.0502. The van der Waals surface area contributed by atoms with Gasteiger partial charge in [-0.25, -0.2) is 4.79 Å². The Hall–Kier alpha value is -1.52. The quantitative estimate of drug-likeness (QED) is 0.280. The number of alkyl carbamates (subject to hydrolysis) is 1. The van der Waals surface area contributed by atoms with Gasteiger partial charge in [0.2, 0.25) is 0 Å². The van der Waals surface area contributed by atoms with Crippen LogP contribution in [0.3, 0.4) is 0 Å². The van der Waals surface area contributed by atoms with Crippen LogP contribution >= 0.6 is 24.0 Å². The van der Waals surface area contributed by atoms with Crippen molar-refractivity contribution in [2.45, 2.75) is 78.5 Å². The van der Waals surface area contributed by atoms with E-state index < -0.39 is 11.7 Å². The molecule has 162 valence electrons. The minimum absolute atomic E-state index is 0. The topological polar surface area (TPSA) is 101 Å². The molecule has 3 N–H and O–H groups in total. The highest BCUT2D eigenvalue weighted by Gasteiger charge is 2.19. The summed E-state index contributed by atoms with van der Waals surface area (Å²) in [4.78, 5) is 16.2. The van der Waals surface area contributed by atoms with Crippen molar-refractivity contribution in [3.63, 3.8) is 0 Å². The summed E-state index contributed by atoms with van der Waals surface area (Å²) in [5.41, 5.74) is 0.414. The molecule has 0 radical (unpaired) electrons. The van der Waals surface area contributed by atoms with E-state index in [9.17, 15) is 4.79 Å². The summed E-state index contributed by atoms with van der Waals surface area (Å²) in [6, 6.07) is 1.88. The first-order chi connectivity index (χ1) is 12.6. The van der Waals surface area contributed by atoms with Crippen molar-refractivity contribution in [3.8, 4) is 0 Å². The fourth-order valence-corrected chi connectivity index (χ4v) is 2.34. The highest BCUT2D eigenvalue weighted by molar-refractivity contribution is 14.0. The summed E-state index contributed by atoms with van der Waals surface area (Å²) < 4.78 is 10.6. The molecule has 0 aliphatic carbocycles. The first-order valence-corrected chi connectivity index (χ1v) is 9.54. The van der Waals surface area contributed by atoms with Gasteiger partial charge >= 0.3 is 6.09 Å². The maximum absolute atomic E-state index is 12.0. The van der Waals surface area contributed by atoms with E-state index in [0.29, 0.717) is 25.0 Å². The minimum atomic E-state index is -0.516. The summed E-state index contributed by atoms with van der Waals surface area (Å²) in [6.07, 6.45) is 1.38. The number of nitrogens with zero attached hydrogens (tertiary/aromatic N) is 2. The predicted octanol–water partition coefficient (Wildman–Crippen LogP) is 3.77. The molecule has 1 atom stereocenters. The predicted molar refractivity (Wildman–Crippen MR) is 122 cm³/mol. The van der Waals surface area contributed by atoms with Gasteiger partial charge in [0.15, 0.2) is 11.7 Å². The van der Waals surface area contributed by atoms with Crippen molar-refractivity contribution in [2.24, 2.45) is 4.99 Å². The van der Waals surface area contributed by atoms with Crippen LogP contribution in [-0.4, -0.2) is 42.4 Å². The standard InChI is InChI=1S/C19H35N5O3.HI/c1-8-9-14(23-18(25)26-19(4,5)6)11-21-17(20-7)22-12-15-10-16(13(2)3)24-27-15;/h10,13-14H,8-9,11-12H2,1-7H3,(H,23,25)(H2,20,21,22);1H. The van der Waals surface area contributed by atoms with Gasteiger partial charge in [0.25, 0.3) is 0 Å². The SMILES string of the molecule is CCCC(CNC(=NC)NCc1cc(C(C)C)no1)NC(=O)OC(C)(C)C.I. The Labute approximate surface area is 185 Å². The summed E-state index contributed by atoms with van der Waals surface area (Å²) in [7, 11) is 1.70. The maximum atomic E-state index is 12.0. The molecule has 0 bridgehead atoms. The fraction of sp³-hybridized carbons (Fsp3) is 0.737. The summed E-state index contributed by atoms with van der Waals surface area (Å²) in [5.74, 6) is 1.71. The Kier molecular flexibility index (Phi) is 12.1. The third kappa shape index (κ3) is 10.7. The van der Waals surface area contributed by atoms with Gasteiger partial charge in [-0.15, -0.1) is 24.0 Å². The second-order valence-electron chi connectivity index (χ2n) is 7.81. The number of nitrogens with one attached hydrogen (secondary N) is 3. The lowest BCUT2D eigenvalue weighted by Gasteiger charge is -2.24. The number of hydrogen-bond donors (Lipinski definition) is 3. The van der Waals surface area contributed by atoms with E-state index in [1.807, 2.05) is 26.8 Å². The number of aliphatic imine (C=N–C) groups is 1. The van der Waals surface area contributed by atoms with Gasteiger partial charge in [0, 0.05) is 25.7 Å². The number of aromatic nitrogens is 1. The van der Waals surface area contributed by atoms with Crippen molar-refractivity contribution in [3.05, 3.63) is 17.5 Å². The Bertz CT molecular complexity index is 611. The van der Waals surface area contributed by atoms with E-state index in [-0.39, 0.29) is 30.0 Å². The largest absolute Gasteiger partial charge is 0.444 e. The van der Waals surface area contributed by atoms with Crippen molar-refractivity contribution in [1.82, 2.24) is 21.1 Å². The van der Waals surface area contributed by atoms with Crippen LogP contribution < -0.4 is 16.0 Å². The van der Waals surface area contributed by atoms with Gasteiger partial charge in [-0.3, -0.25) is 4.99 Å². The number of ether oxygens (including phenoxy) is 1. The van der Waals surface area contributed by atoms with Gasteiger partial charge in [0.1, 0.15) is 5.60 Å². The molecule has 8 nitrogen and oxygen atoms in total. The van der Waals surface area contributed by atoms with E-state index >= 15 is 0 Å². The second-order valence-corrected chi connectivity index (χ2v) is 7.81. The Morgan fingerprint density at radius 1 is 1.32 bits per heavy atom. The second kappa shape index (κ2) is 12.8. The Morgan fingerprint density at radius 2 is 2.00 bits per heavy atom. The van der Waals surface area contributed by atoms with Crippen molar-refractivity contribution >= 4 is 36.0 Å².